The van der Waals surface area contributed by atoms with Gasteiger partial charge in [-0.3, -0.25) is 9.59 Å². The molecule has 0 saturated carbocycles. The molecule has 126 valence electrons. The van der Waals surface area contributed by atoms with Crippen LogP contribution in [0.25, 0.3) is 0 Å². The number of aliphatic carboxylic acids is 1. The Morgan fingerprint density at radius 1 is 1.30 bits per heavy atom. The van der Waals surface area contributed by atoms with E-state index in [0.717, 1.165) is 29.3 Å². The highest BCUT2D eigenvalue weighted by atomic mass is 79.9. The van der Waals surface area contributed by atoms with E-state index in [-0.39, 0.29) is 24.2 Å². The summed E-state index contributed by atoms with van der Waals surface area (Å²) in [6.07, 6.45) is 4.23. The van der Waals surface area contributed by atoms with E-state index < -0.39 is 5.97 Å². The first-order valence-corrected chi connectivity index (χ1v) is 8.72. The summed E-state index contributed by atoms with van der Waals surface area (Å²) in [5, 5.41) is 8.83. The summed E-state index contributed by atoms with van der Waals surface area (Å²) in [5.41, 5.74) is 0.775. The number of nitrogens with zero attached hydrogens (tertiary/aromatic N) is 1. The molecule has 1 aliphatic rings. The van der Waals surface area contributed by atoms with Crippen LogP contribution in [0, 0.1) is 5.82 Å². The lowest BCUT2D eigenvalue weighted by Gasteiger charge is -2.36. The first-order chi connectivity index (χ1) is 11.0. The molecule has 0 radical (unpaired) electrons. The van der Waals surface area contributed by atoms with Gasteiger partial charge in [-0.25, -0.2) is 4.39 Å². The maximum Gasteiger partial charge on any atom is 0.303 e. The Balaban J connectivity index is 1.94. The van der Waals surface area contributed by atoms with E-state index in [1.165, 1.54) is 12.1 Å². The van der Waals surface area contributed by atoms with Crippen molar-refractivity contribution in [3.05, 3.63) is 34.1 Å². The zero-order valence-corrected chi connectivity index (χ0v) is 14.5. The minimum Gasteiger partial charge on any atom is -0.481 e. The Labute approximate surface area is 143 Å². The standard InChI is InChI=1S/C17H21BrFNO3/c18-15-7-5-13(19)11-12(15)4-8-16(21)20-10-2-1-3-14(20)6-9-17(22)23/h5,7,11,14H,1-4,6,8-10H2,(H,22,23). The van der Waals surface area contributed by atoms with Gasteiger partial charge in [-0.05, 0) is 55.9 Å². The predicted molar refractivity (Wildman–Crippen MR) is 88.6 cm³/mol. The van der Waals surface area contributed by atoms with Crippen molar-refractivity contribution in [1.29, 1.82) is 0 Å². The van der Waals surface area contributed by atoms with Crippen molar-refractivity contribution in [2.75, 3.05) is 6.54 Å². The van der Waals surface area contributed by atoms with Gasteiger partial charge in [0.25, 0.3) is 0 Å². The molecule has 1 N–H and O–H groups in total. The molecule has 2 rings (SSSR count). The van der Waals surface area contributed by atoms with Crippen LogP contribution in [0.1, 0.15) is 44.1 Å². The van der Waals surface area contributed by atoms with E-state index in [1.54, 1.807) is 6.07 Å². The zero-order valence-electron chi connectivity index (χ0n) is 12.9. The molecule has 0 aromatic heterocycles. The zero-order chi connectivity index (χ0) is 16.8. The lowest BCUT2D eigenvalue weighted by molar-refractivity contribution is -0.140. The van der Waals surface area contributed by atoms with Gasteiger partial charge in [-0.2, -0.15) is 0 Å². The molecular weight excluding hydrogens is 365 g/mol. The fraction of sp³-hybridized carbons (Fsp3) is 0.529. The highest BCUT2D eigenvalue weighted by Crippen LogP contribution is 2.24. The first kappa shape index (κ1) is 17.9. The van der Waals surface area contributed by atoms with E-state index in [2.05, 4.69) is 15.9 Å². The number of halogens is 2. The highest BCUT2D eigenvalue weighted by Gasteiger charge is 2.26. The third-order valence-electron chi connectivity index (χ3n) is 4.25. The lowest BCUT2D eigenvalue weighted by atomic mass is 9.97. The average molecular weight is 386 g/mol. The molecule has 0 spiro atoms. The summed E-state index contributed by atoms with van der Waals surface area (Å²) in [7, 11) is 0. The first-order valence-electron chi connectivity index (χ1n) is 7.92. The number of hydrogen-bond acceptors (Lipinski definition) is 2. The second-order valence-corrected chi connectivity index (χ2v) is 6.76. The summed E-state index contributed by atoms with van der Waals surface area (Å²) >= 11 is 3.37. The van der Waals surface area contributed by atoms with Gasteiger partial charge in [0.1, 0.15) is 5.82 Å². The number of benzene rings is 1. The SMILES string of the molecule is O=C(O)CCC1CCCCN1C(=O)CCc1cc(F)ccc1Br. The van der Waals surface area contributed by atoms with E-state index in [9.17, 15) is 14.0 Å². The molecule has 1 heterocycles. The minimum absolute atomic E-state index is 0.0169. The van der Waals surface area contributed by atoms with Gasteiger partial charge >= 0.3 is 5.97 Å². The van der Waals surface area contributed by atoms with Gasteiger partial charge in [0, 0.05) is 29.9 Å². The van der Waals surface area contributed by atoms with E-state index in [1.807, 2.05) is 4.90 Å². The average Bonchev–Trinajstić information content (AvgIpc) is 2.53. The van der Waals surface area contributed by atoms with Crippen LogP contribution in [0.5, 0.6) is 0 Å². The molecule has 1 atom stereocenters. The normalized spacial score (nSPS) is 18.0. The van der Waals surface area contributed by atoms with Crippen molar-refractivity contribution in [3.8, 4) is 0 Å². The van der Waals surface area contributed by atoms with E-state index in [0.29, 0.717) is 25.8 Å². The fourth-order valence-electron chi connectivity index (χ4n) is 3.04. The molecule has 1 aromatic rings. The van der Waals surface area contributed by atoms with Crippen molar-refractivity contribution >= 4 is 27.8 Å². The number of carbonyl (C=O) groups excluding carboxylic acids is 1. The number of rotatable bonds is 6. The van der Waals surface area contributed by atoms with Crippen LogP contribution in [0.4, 0.5) is 4.39 Å². The van der Waals surface area contributed by atoms with Crippen LogP contribution in [0.3, 0.4) is 0 Å². The number of carboxylic acid groups (broad SMARTS) is 1. The highest BCUT2D eigenvalue weighted by molar-refractivity contribution is 9.10. The molecular formula is C17H21BrFNO3. The number of piperidine rings is 1. The molecule has 1 fully saturated rings. The van der Waals surface area contributed by atoms with Gasteiger partial charge in [0.05, 0.1) is 0 Å². The van der Waals surface area contributed by atoms with E-state index >= 15 is 0 Å². The molecule has 1 aromatic carbocycles. The molecule has 0 bridgehead atoms. The van der Waals surface area contributed by atoms with Crippen molar-refractivity contribution in [1.82, 2.24) is 4.90 Å². The molecule has 6 heteroatoms. The Hall–Kier alpha value is -1.43. The molecule has 23 heavy (non-hydrogen) atoms. The van der Waals surface area contributed by atoms with Crippen LogP contribution >= 0.6 is 15.9 Å². The fourth-order valence-corrected chi connectivity index (χ4v) is 3.48. The largest absolute Gasteiger partial charge is 0.481 e. The Morgan fingerprint density at radius 2 is 2.09 bits per heavy atom. The summed E-state index contributed by atoms with van der Waals surface area (Å²) in [5.74, 6) is -1.11. The summed E-state index contributed by atoms with van der Waals surface area (Å²) in [6, 6.07) is 4.48. The summed E-state index contributed by atoms with van der Waals surface area (Å²) < 4.78 is 14.1. The Bertz CT molecular complexity index is 579. The number of carboxylic acids is 1. The number of carbonyl (C=O) groups is 2. The second-order valence-electron chi connectivity index (χ2n) is 5.90. The van der Waals surface area contributed by atoms with Gasteiger partial charge in [-0.1, -0.05) is 15.9 Å². The number of amides is 1. The van der Waals surface area contributed by atoms with Crippen LogP contribution in [-0.2, 0) is 16.0 Å². The van der Waals surface area contributed by atoms with Crippen LogP contribution in [0.2, 0.25) is 0 Å². The molecule has 4 nitrogen and oxygen atoms in total. The monoisotopic (exact) mass is 385 g/mol. The van der Waals surface area contributed by atoms with Gasteiger partial charge in [0.15, 0.2) is 0 Å². The molecule has 1 aliphatic heterocycles. The Kier molecular flexibility index (Phi) is 6.57. The molecule has 1 saturated heterocycles. The second kappa shape index (κ2) is 8.43. The topological polar surface area (TPSA) is 57.6 Å². The van der Waals surface area contributed by atoms with Crippen LogP contribution < -0.4 is 0 Å². The van der Waals surface area contributed by atoms with Crippen molar-refractivity contribution in [3.63, 3.8) is 0 Å². The minimum atomic E-state index is -0.827. The Morgan fingerprint density at radius 3 is 2.83 bits per heavy atom. The quantitative estimate of drug-likeness (QED) is 0.810. The number of likely N-dealkylation sites (tertiary alicyclic amines) is 1. The van der Waals surface area contributed by atoms with Gasteiger partial charge in [-0.15, -0.1) is 0 Å². The summed E-state index contributed by atoms with van der Waals surface area (Å²) in [6.45, 7) is 0.688. The van der Waals surface area contributed by atoms with Crippen molar-refractivity contribution in [2.45, 2.75) is 51.0 Å². The smallest absolute Gasteiger partial charge is 0.303 e. The summed E-state index contributed by atoms with van der Waals surface area (Å²) in [4.78, 5) is 25.1. The molecule has 1 amide bonds. The van der Waals surface area contributed by atoms with E-state index in [4.69, 9.17) is 5.11 Å². The third kappa shape index (κ3) is 5.30. The van der Waals surface area contributed by atoms with Crippen molar-refractivity contribution in [2.24, 2.45) is 0 Å². The van der Waals surface area contributed by atoms with Gasteiger partial charge < -0.3 is 10.0 Å². The maximum atomic E-state index is 13.3. The molecule has 0 aliphatic carbocycles. The third-order valence-corrected chi connectivity index (χ3v) is 5.03. The van der Waals surface area contributed by atoms with Gasteiger partial charge in [0.2, 0.25) is 5.91 Å². The predicted octanol–water partition coefficient (Wildman–Crippen LogP) is 3.77. The molecule has 1 unspecified atom stereocenters. The maximum absolute atomic E-state index is 13.3. The van der Waals surface area contributed by atoms with Crippen LogP contribution in [-0.4, -0.2) is 34.5 Å². The lowest BCUT2D eigenvalue weighted by Crippen LogP contribution is -2.44. The number of aryl methyl sites for hydroxylation is 1. The number of hydrogen-bond donors (Lipinski definition) is 1. The van der Waals surface area contributed by atoms with Crippen LogP contribution in [0.15, 0.2) is 22.7 Å². The van der Waals surface area contributed by atoms with Crippen molar-refractivity contribution < 1.29 is 19.1 Å².